The van der Waals surface area contributed by atoms with Gasteiger partial charge >= 0.3 is 0 Å². The quantitative estimate of drug-likeness (QED) is 0.911. The smallest absolute Gasteiger partial charge is 0.135 e. The van der Waals surface area contributed by atoms with E-state index in [9.17, 15) is 0 Å². The summed E-state index contributed by atoms with van der Waals surface area (Å²) in [5.41, 5.74) is 3.01. The van der Waals surface area contributed by atoms with Gasteiger partial charge in [-0.05, 0) is 43.3 Å². The van der Waals surface area contributed by atoms with Crippen LogP contribution in [0.15, 0.2) is 70.7 Å². The van der Waals surface area contributed by atoms with Gasteiger partial charge in [-0.3, -0.25) is 0 Å². The zero-order valence-corrected chi connectivity index (χ0v) is 14.5. The molecule has 3 rings (SSSR count). The number of benzene rings is 1. The van der Waals surface area contributed by atoms with Crippen molar-refractivity contribution in [3.8, 4) is 11.8 Å². The molecule has 2 aromatic rings. The number of nitrogens with zero attached hydrogens (tertiary/aromatic N) is 2. The summed E-state index contributed by atoms with van der Waals surface area (Å²) < 4.78 is 11.2. The van der Waals surface area contributed by atoms with Crippen molar-refractivity contribution in [3.63, 3.8) is 0 Å². The highest BCUT2D eigenvalue weighted by molar-refractivity contribution is 5.83. The van der Waals surface area contributed by atoms with E-state index in [-0.39, 0.29) is 0 Å². The first-order valence-electron chi connectivity index (χ1n) is 7.82. The third kappa shape index (κ3) is 3.02. The van der Waals surface area contributed by atoms with E-state index in [0.29, 0.717) is 11.3 Å². The molecular formula is C20H19N3O2. The molecule has 126 valence electrons. The van der Waals surface area contributed by atoms with Gasteiger partial charge in [-0.2, -0.15) is 5.26 Å². The highest BCUT2D eigenvalue weighted by Gasteiger charge is 2.18. The standard InChI is InChI=1S/C20H19N3O2/c1-13-9-15(12-21)7-8-23(13)20(22-3)14(2)19-11-16-10-17(24-4)5-6-18(16)25-19/h5-11,22H,1H2,2-4H3/b20-14+. The van der Waals surface area contributed by atoms with E-state index in [0.717, 1.165) is 33.9 Å². The number of fused-ring (bicyclic) bond motifs is 1. The van der Waals surface area contributed by atoms with E-state index in [4.69, 9.17) is 14.4 Å². The first kappa shape index (κ1) is 16.5. The predicted molar refractivity (Wildman–Crippen MR) is 98.2 cm³/mol. The highest BCUT2D eigenvalue weighted by atomic mass is 16.5. The number of furan rings is 1. The summed E-state index contributed by atoms with van der Waals surface area (Å²) in [7, 11) is 3.49. The van der Waals surface area contributed by atoms with Crippen LogP contribution in [0, 0.1) is 11.3 Å². The topological polar surface area (TPSA) is 61.4 Å². The van der Waals surface area contributed by atoms with Gasteiger partial charge in [0.25, 0.3) is 0 Å². The van der Waals surface area contributed by atoms with Gasteiger partial charge in [-0.25, -0.2) is 0 Å². The minimum absolute atomic E-state index is 0.574. The maximum atomic E-state index is 9.02. The van der Waals surface area contributed by atoms with Crippen LogP contribution in [0.25, 0.3) is 16.5 Å². The lowest BCUT2D eigenvalue weighted by atomic mass is 10.1. The van der Waals surface area contributed by atoms with Crippen LogP contribution >= 0.6 is 0 Å². The van der Waals surface area contributed by atoms with Crippen LogP contribution in [-0.2, 0) is 0 Å². The summed E-state index contributed by atoms with van der Waals surface area (Å²) in [6, 6.07) is 9.81. The SMILES string of the molecule is C=C1C=C(C#N)C=CN1/C(NC)=C(\C)c1cc2cc(OC)ccc2o1. The molecule has 0 spiro atoms. The Balaban J connectivity index is 2.03. The number of nitrogens with one attached hydrogen (secondary N) is 1. The molecule has 0 aliphatic carbocycles. The Labute approximate surface area is 146 Å². The molecule has 1 aromatic carbocycles. The van der Waals surface area contributed by atoms with Crippen molar-refractivity contribution < 1.29 is 9.15 Å². The Morgan fingerprint density at radius 3 is 2.80 bits per heavy atom. The van der Waals surface area contributed by atoms with Crippen LogP contribution in [0.1, 0.15) is 12.7 Å². The van der Waals surface area contributed by atoms with Gasteiger partial charge in [0.15, 0.2) is 0 Å². The third-order valence-corrected chi connectivity index (χ3v) is 4.09. The maximum Gasteiger partial charge on any atom is 0.135 e. The van der Waals surface area contributed by atoms with Gasteiger partial charge in [-0.1, -0.05) is 6.58 Å². The molecule has 0 radical (unpaired) electrons. The van der Waals surface area contributed by atoms with Crippen LogP contribution in [0.5, 0.6) is 5.75 Å². The summed E-state index contributed by atoms with van der Waals surface area (Å²) in [6.07, 6.45) is 5.32. The molecular weight excluding hydrogens is 314 g/mol. The lowest BCUT2D eigenvalue weighted by molar-refractivity contribution is 0.415. The largest absolute Gasteiger partial charge is 0.497 e. The lowest BCUT2D eigenvalue weighted by Gasteiger charge is -2.27. The van der Waals surface area contributed by atoms with Crippen molar-refractivity contribution in [2.24, 2.45) is 0 Å². The summed E-state index contributed by atoms with van der Waals surface area (Å²) in [6.45, 7) is 6.01. The number of nitriles is 1. The first-order valence-corrected chi connectivity index (χ1v) is 7.82. The van der Waals surface area contributed by atoms with Crippen molar-refractivity contribution in [2.45, 2.75) is 6.92 Å². The molecule has 25 heavy (non-hydrogen) atoms. The van der Waals surface area contributed by atoms with Gasteiger partial charge < -0.3 is 19.4 Å². The molecule has 5 nitrogen and oxygen atoms in total. The molecule has 0 amide bonds. The van der Waals surface area contributed by atoms with Crippen LogP contribution < -0.4 is 10.1 Å². The van der Waals surface area contributed by atoms with E-state index in [1.807, 2.05) is 49.3 Å². The fraction of sp³-hybridized carbons (Fsp3) is 0.150. The highest BCUT2D eigenvalue weighted by Crippen LogP contribution is 2.31. The molecule has 0 saturated carbocycles. The molecule has 0 saturated heterocycles. The van der Waals surface area contributed by atoms with Gasteiger partial charge in [0.05, 0.1) is 18.8 Å². The predicted octanol–water partition coefficient (Wildman–Crippen LogP) is 4.14. The van der Waals surface area contributed by atoms with Crippen molar-refractivity contribution in [3.05, 3.63) is 72.0 Å². The average Bonchev–Trinajstić information content (AvgIpc) is 3.06. The van der Waals surface area contributed by atoms with Gasteiger partial charge in [0.1, 0.15) is 22.9 Å². The summed E-state index contributed by atoms with van der Waals surface area (Å²) >= 11 is 0. The van der Waals surface area contributed by atoms with Gasteiger partial charge in [0.2, 0.25) is 0 Å². The van der Waals surface area contributed by atoms with Crippen LogP contribution in [0.4, 0.5) is 0 Å². The molecule has 1 N–H and O–H groups in total. The molecule has 0 unspecified atom stereocenters. The zero-order chi connectivity index (χ0) is 18.0. The Morgan fingerprint density at radius 1 is 1.36 bits per heavy atom. The molecule has 0 fully saturated rings. The van der Waals surface area contributed by atoms with Crippen molar-refractivity contribution in [2.75, 3.05) is 14.2 Å². The lowest BCUT2D eigenvalue weighted by Crippen LogP contribution is -2.26. The zero-order valence-electron chi connectivity index (χ0n) is 14.5. The Morgan fingerprint density at radius 2 is 2.16 bits per heavy atom. The van der Waals surface area contributed by atoms with Gasteiger partial charge in [0, 0.05) is 29.9 Å². The molecule has 5 heteroatoms. The first-order chi connectivity index (χ1) is 12.1. The number of allylic oxidation sites excluding steroid dienone is 4. The van der Waals surface area contributed by atoms with E-state index in [1.54, 1.807) is 19.3 Å². The fourth-order valence-electron chi connectivity index (χ4n) is 2.77. The Hall–Kier alpha value is -3.39. The molecule has 0 atom stereocenters. The minimum Gasteiger partial charge on any atom is -0.497 e. The third-order valence-electron chi connectivity index (χ3n) is 4.09. The van der Waals surface area contributed by atoms with Crippen LogP contribution in [0.2, 0.25) is 0 Å². The molecule has 0 bridgehead atoms. The van der Waals surface area contributed by atoms with Crippen molar-refractivity contribution in [1.82, 2.24) is 10.2 Å². The van der Waals surface area contributed by atoms with Crippen molar-refractivity contribution >= 4 is 16.5 Å². The number of rotatable bonds is 4. The maximum absolute atomic E-state index is 9.02. The minimum atomic E-state index is 0.574. The number of hydrogen-bond donors (Lipinski definition) is 1. The summed E-state index contributed by atoms with van der Waals surface area (Å²) in [5.74, 6) is 2.38. The second-order valence-corrected chi connectivity index (χ2v) is 5.63. The summed E-state index contributed by atoms with van der Waals surface area (Å²) in [5, 5.41) is 13.2. The Bertz CT molecular complexity index is 970. The normalized spacial score (nSPS) is 14.9. The van der Waals surface area contributed by atoms with Crippen LogP contribution in [-0.4, -0.2) is 19.1 Å². The molecule has 1 aliphatic heterocycles. The van der Waals surface area contributed by atoms with Gasteiger partial charge in [-0.15, -0.1) is 0 Å². The fourth-order valence-corrected chi connectivity index (χ4v) is 2.77. The van der Waals surface area contributed by atoms with E-state index < -0.39 is 0 Å². The Kier molecular flexibility index (Phi) is 4.36. The monoisotopic (exact) mass is 333 g/mol. The number of hydrogen-bond acceptors (Lipinski definition) is 5. The van der Waals surface area contributed by atoms with E-state index in [2.05, 4.69) is 18.0 Å². The second-order valence-electron chi connectivity index (χ2n) is 5.63. The van der Waals surface area contributed by atoms with Crippen molar-refractivity contribution in [1.29, 1.82) is 5.26 Å². The molecule has 1 aliphatic rings. The average molecular weight is 333 g/mol. The molecule has 1 aromatic heterocycles. The van der Waals surface area contributed by atoms with E-state index in [1.165, 1.54) is 0 Å². The molecule has 2 heterocycles. The number of methoxy groups -OCH3 is 1. The number of ether oxygens (including phenoxy) is 1. The van der Waals surface area contributed by atoms with E-state index >= 15 is 0 Å². The second kappa shape index (κ2) is 6.62. The summed E-state index contributed by atoms with van der Waals surface area (Å²) in [4.78, 5) is 1.89. The van der Waals surface area contributed by atoms with Crippen LogP contribution in [0.3, 0.4) is 0 Å².